The molecule has 0 fully saturated rings. The van der Waals surface area contributed by atoms with Crippen LogP contribution >= 0.6 is 45.8 Å². The van der Waals surface area contributed by atoms with Crippen LogP contribution in [-0.2, 0) is 11.4 Å². The molecule has 0 saturated carbocycles. The van der Waals surface area contributed by atoms with Gasteiger partial charge in [-0.25, -0.2) is 0 Å². The van der Waals surface area contributed by atoms with E-state index in [-0.39, 0.29) is 5.57 Å². The second-order valence-corrected chi connectivity index (χ2v) is 8.20. The minimum atomic E-state index is -0.459. The third-order valence-electron chi connectivity index (χ3n) is 4.09. The Bertz CT molecular complexity index is 1140. The highest BCUT2D eigenvalue weighted by atomic mass is 127. The minimum Gasteiger partial charge on any atom is -0.489 e. The Morgan fingerprint density at radius 1 is 1.10 bits per heavy atom. The van der Waals surface area contributed by atoms with Gasteiger partial charge in [0.05, 0.1) is 5.69 Å². The third-order valence-corrected chi connectivity index (χ3v) is 5.62. The summed E-state index contributed by atoms with van der Waals surface area (Å²) in [4.78, 5) is 12.4. The van der Waals surface area contributed by atoms with Crippen LogP contribution in [-0.4, -0.2) is 5.91 Å². The van der Waals surface area contributed by atoms with Gasteiger partial charge in [-0.2, -0.15) is 5.26 Å². The molecule has 0 atom stereocenters. The molecule has 0 bridgehead atoms. The average Bonchev–Trinajstić information content (AvgIpc) is 2.74. The van der Waals surface area contributed by atoms with Crippen LogP contribution in [0.3, 0.4) is 0 Å². The van der Waals surface area contributed by atoms with Crippen LogP contribution in [0.4, 0.5) is 5.69 Å². The first-order chi connectivity index (χ1) is 14.5. The Morgan fingerprint density at radius 2 is 1.83 bits per heavy atom. The van der Waals surface area contributed by atoms with E-state index < -0.39 is 5.91 Å². The van der Waals surface area contributed by atoms with Crippen molar-refractivity contribution in [1.82, 2.24) is 0 Å². The number of benzene rings is 3. The van der Waals surface area contributed by atoms with E-state index in [1.807, 2.05) is 30.3 Å². The largest absolute Gasteiger partial charge is 0.489 e. The van der Waals surface area contributed by atoms with Crippen LogP contribution in [0.5, 0.6) is 5.75 Å². The number of carbonyl (C=O) groups excluding carboxylic acids is 1. The molecule has 0 spiro atoms. The smallest absolute Gasteiger partial charge is 0.266 e. The summed E-state index contributed by atoms with van der Waals surface area (Å²) in [5.41, 5.74) is 2.20. The van der Waals surface area contributed by atoms with Crippen LogP contribution in [0.15, 0.2) is 72.3 Å². The van der Waals surface area contributed by atoms with E-state index in [1.54, 1.807) is 42.5 Å². The molecule has 0 aromatic heterocycles. The predicted octanol–water partition coefficient (Wildman–Crippen LogP) is 6.72. The molecule has 0 unspecified atom stereocenters. The molecular formula is C23H15Cl2IN2O2. The van der Waals surface area contributed by atoms with Crippen molar-refractivity contribution in [3.05, 3.63) is 97.0 Å². The van der Waals surface area contributed by atoms with Crippen molar-refractivity contribution < 1.29 is 9.53 Å². The lowest BCUT2D eigenvalue weighted by Crippen LogP contribution is -2.14. The molecule has 150 valence electrons. The van der Waals surface area contributed by atoms with Gasteiger partial charge in [-0.3, -0.25) is 4.79 Å². The van der Waals surface area contributed by atoms with Gasteiger partial charge in [-0.05, 0) is 70.6 Å². The van der Waals surface area contributed by atoms with Gasteiger partial charge in [0, 0.05) is 19.2 Å². The molecule has 1 N–H and O–H groups in total. The fourth-order valence-corrected chi connectivity index (χ4v) is 3.51. The van der Waals surface area contributed by atoms with Gasteiger partial charge in [0.25, 0.3) is 5.91 Å². The van der Waals surface area contributed by atoms with E-state index in [9.17, 15) is 10.1 Å². The van der Waals surface area contributed by atoms with E-state index in [2.05, 4.69) is 27.9 Å². The molecular weight excluding hydrogens is 534 g/mol. The van der Waals surface area contributed by atoms with Crippen LogP contribution in [0.1, 0.15) is 11.1 Å². The molecule has 0 heterocycles. The Hall–Kier alpha value is -2.53. The van der Waals surface area contributed by atoms with Crippen LogP contribution < -0.4 is 10.1 Å². The predicted molar refractivity (Wildman–Crippen MR) is 129 cm³/mol. The molecule has 0 radical (unpaired) electrons. The SMILES string of the molecule is N#C/C(=C/c1ccc(OCc2ccc(Cl)cc2Cl)cc1)C(=O)Nc1ccccc1I. The number of anilines is 1. The molecule has 3 aromatic rings. The lowest BCUT2D eigenvalue weighted by Gasteiger charge is -2.09. The number of nitrogens with zero attached hydrogens (tertiary/aromatic N) is 1. The normalized spacial score (nSPS) is 10.9. The van der Waals surface area contributed by atoms with Crippen molar-refractivity contribution in [2.75, 3.05) is 5.32 Å². The maximum absolute atomic E-state index is 12.4. The number of hydrogen-bond donors (Lipinski definition) is 1. The Kier molecular flexibility index (Phi) is 7.75. The number of rotatable bonds is 6. The summed E-state index contributed by atoms with van der Waals surface area (Å²) in [6.07, 6.45) is 1.53. The Morgan fingerprint density at radius 3 is 2.50 bits per heavy atom. The molecule has 0 aliphatic rings. The standard InChI is InChI=1S/C23H15Cl2IN2O2/c24-18-8-7-16(20(25)12-18)14-30-19-9-5-15(6-10-19)11-17(13-27)23(29)28-22-4-2-1-3-21(22)26/h1-12H,14H2,(H,28,29)/b17-11-. The van der Waals surface area contributed by atoms with Crippen molar-refractivity contribution in [1.29, 1.82) is 5.26 Å². The first-order valence-electron chi connectivity index (χ1n) is 8.81. The number of ether oxygens (including phenoxy) is 1. The van der Waals surface area contributed by atoms with Crippen molar-refractivity contribution in [3.63, 3.8) is 0 Å². The number of amides is 1. The van der Waals surface area contributed by atoms with Crippen LogP contribution in [0.2, 0.25) is 10.0 Å². The van der Waals surface area contributed by atoms with Crippen LogP contribution in [0.25, 0.3) is 6.08 Å². The number of nitriles is 1. The van der Waals surface area contributed by atoms with Gasteiger partial charge < -0.3 is 10.1 Å². The van der Waals surface area contributed by atoms with Gasteiger partial charge >= 0.3 is 0 Å². The van der Waals surface area contributed by atoms with E-state index in [0.717, 1.165) is 9.13 Å². The third kappa shape index (κ3) is 5.99. The molecule has 30 heavy (non-hydrogen) atoms. The average molecular weight is 549 g/mol. The highest BCUT2D eigenvalue weighted by molar-refractivity contribution is 14.1. The minimum absolute atomic E-state index is 0.0104. The number of para-hydroxylation sites is 1. The Balaban J connectivity index is 1.66. The molecule has 0 aliphatic heterocycles. The summed E-state index contributed by atoms with van der Waals surface area (Å²) in [6, 6.07) is 21.6. The van der Waals surface area contributed by atoms with Crippen molar-refractivity contribution in [2.24, 2.45) is 0 Å². The molecule has 3 aromatic carbocycles. The highest BCUT2D eigenvalue weighted by Crippen LogP contribution is 2.23. The fourth-order valence-electron chi connectivity index (χ4n) is 2.53. The van der Waals surface area contributed by atoms with Gasteiger partial charge in [0.2, 0.25) is 0 Å². The number of nitrogens with one attached hydrogen (secondary N) is 1. The zero-order valence-electron chi connectivity index (χ0n) is 15.5. The van der Waals surface area contributed by atoms with E-state index in [4.69, 9.17) is 27.9 Å². The molecule has 0 aliphatic carbocycles. The zero-order chi connectivity index (χ0) is 21.5. The summed E-state index contributed by atoms with van der Waals surface area (Å²) in [6.45, 7) is 0.298. The second kappa shape index (κ2) is 10.5. The van der Waals surface area contributed by atoms with Gasteiger partial charge in [-0.15, -0.1) is 0 Å². The zero-order valence-corrected chi connectivity index (χ0v) is 19.2. The maximum atomic E-state index is 12.4. The Labute approximate surface area is 198 Å². The fraction of sp³-hybridized carbons (Fsp3) is 0.0435. The summed E-state index contributed by atoms with van der Waals surface area (Å²) in [5, 5.41) is 13.3. The van der Waals surface area contributed by atoms with E-state index in [0.29, 0.717) is 33.7 Å². The topological polar surface area (TPSA) is 62.1 Å². The quantitative estimate of drug-likeness (QED) is 0.211. The monoisotopic (exact) mass is 548 g/mol. The summed E-state index contributed by atoms with van der Waals surface area (Å²) >= 11 is 14.2. The van der Waals surface area contributed by atoms with E-state index in [1.165, 1.54) is 6.08 Å². The van der Waals surface area contributed by atoms with Crippen molar-refractivity contribution in [3.8, 4) is 11.8 Å². The number of carbonyl (C=O) groups is 1. The first kappa shape index (κ1) is 22.2. The number of halogens is 3. The van der Waals surface area contributed by atoms with Gasteiger partial charge in [0.15, 0.2) is 0 Å². The molecule has 4 nitrogen and oxygen atoms in total. The van der Waals surface area contributed by atoms with Gasteiger partial charge in [0.1, 0.15) is 24.0 Å². The first-order valence-corrected chi connectivity index (χ1v) is 10.6. The molecule has 1 amide bonds. The van der Waals surface area contributed by atoms with Crippen molar-refractivity contribution >= 4 is 63.5 Å². The van der Waals surface area contributed by atoms with Gasteiger partial charge in [-0.1, -0.05) is 53.5 Å². The van der Waals surface area contributed by atoms with E-state index >= 15 is 0 Å². The molecule has 7 heteroatoms. The highest BCUT2D eigenvalue weighted by Gasteiger charge is 2.11. The number of hydrogen-bond acceptors (Lipinski definition) is 3. The van der Waals surface area contributed by atoms with Crippen LogP contribution in [0, 0.1) is 14.9 Å². The second-order valence-electron chi connectivity index (χ2n) is 6.20. The molecule has 0 saturated heterocycles. The lowest BCUT2D eigenvalue weighted by molar-refractivity contribution is -0.112. The van der Waals surface area contributed by atoms with Crippen molar-refractivity contribution in [2.45, 2.75) is 6.61 Å². The lowest BCUT2D eigenvalue weighted by atomic mass is 10.1. The summed E-state index contributed by atoms with van der Waals surface area (Å²) < 4.78 is 6.64. The summed E-state index contributed by atoms with van der Waals surface area (Å²) in [5.74, 6) is 0.180. The summed E-state index contributed by atoms with van der Waals surface area (Å²) in [7, 11) is 0. The maximum Gasteiger partial charge on any atom is 0.266 e. The molecule has 3 rings (SSSR count).